The Morgan fingerprint density at radius 2 is 1.77 bits per heavy atom. The van der Waals surface area contributed by atoms with E-state index in [-0.39, 0.29) is 25.0 Å². The van der Waals surface area contributed by atoms with Crippen LogP contribution in [0.1, 0.15) is 24.8 Å². The van der Waals surface area contributed by atoms with E-state index in [2.05, 4.69) is 0 Å². The number of piperidine rings is 1. The number of hydrogen-bond acceptors (Lipinski definition) is 3. The van der Waals surface area contributed by atoms with Gasteiger partial charge in [0.25, 0.3) is 0 Å². The van der Waals surface area contributed by atoms with E-state index in [0.29, 0.717) is 24.9 Å². The van der Waals surface area contributed by atoms with E-state index in [4.69, 9.17) is 9.84 Å². The van der Waals surface area contributed by atoms with Crippen molar-refractivity contribution < 1.29 is 19.4 Å². The molecule has 2 atom stereocenters. The van der Waals surface area contributed by atoms with Gasteiger partial charge in [-0.15, -0.1) is 0 Å². The molecule has 0 spiro atoms. The highest BCUT2D eigenvalue weighted by Crippen LogP contribution is 2.43. The summed E-state index contributed by atoms with van der Waals surface area (Å²) >= 11 is 0. The standard InChI is InChI=1S/C17H21NO4/c19-16(20)8-15-13-6-7-14(15)10-18(9-13)17(21)22-11-12-4-2-1-3-5-12/h1-5,13-15H,6-11H2,(H,19,20). The van der Waals surface area contributed by atoms with E-state index in [1.165, 1.54) is 0 Å². The van der Waals surface area contributed by atoms with Gasteiger partial charge in [-0.3, -0.25) is 4.79 Å². The molecule has 1 saturated carbocycles. The number of aliphatic carboxylic acids is 1. The van der Waals surface area contributed by atoms with Crippen molar-refractivity contribution in [1.82, 2.24) is 4.90 Å². The predicted octanol–water partition coefficient (Wildman–Crippen LogP) is 2.76. The van der Waals surface area contributed by atoms with Crippen LogP contribution in [0.5, 0.6) is 0 Å². The molecule has 1 aliphatic carbocycles. The average Bonchev–Trinajstić information content (AvgIpc) is 2.74. The van der Waals surface area contributed by atoms with Crippen molar-refractivity contribution in [3.63, 3.8) is 0 Å². The van der Waals surface area contributed by atoms with Crippen molar-refractivity contribution in [1.29, 1.82) is 0 Å². The fourth-order valence-corrected chi connectivity index (χ4v) is 3.83. The summed E-state index contributed by atoms with van der Waals surface area (Å²) in [7, 11) is 0. The molecule has 1 amide bonds. The van der Waals surface area contributed by atoms with Crippen molar-refractivity contribution in [2.45, 2.75) is 25.9 Å². The van der Waals surface area contributed by atoms with E-state index >= 15 is 0 Å². The molecule has 0 radical (unpaired) electrons. The van der Waals surface area contributed by atoms with Crippen LogP contribution in [0.25, 0.3) is 0 Å². The smallest absolute Gasteiger partial charge is 0.410 e. The van der Waals surface area contributed by atoms with Gasteiger partial charge in [-0.1, -0.05) is 30.3 Å². The van der Waals surface area contributed by atoms with Gasteiger partial charge in [0.05, 0.1) is 0 Å². The Bertz CT molecular complexity index is 531. The van der Waals surface area contributed by atoms with Gasteiger partial charge in [-0.05, 0) is 36.2 Å². The zero-order valence-corrected chi connectivity index (χ0v) is 12.5. The number of carbonyl (C=O) groups is 2. The molecule has 5 nitrogen and oxygen atoms in total. The number of carbonyl (C=O) groups excluding carboxylic acids is 1. The van der Waals surface area contributed by atoms with Gasteiger partial charge in [0.15, 0.2) is 0 Å². The van der Waals surface area contributed by atoms with Crippen LogP contribution < -0.4 is 0 Å². The second kappa shape index (κ2) is 6.38. The zero-order valence-electron chi connectivity index (χ0n) is 12.5. The normalized spacial score (nSPS) is 26.7. The Morgan fingerprint density at radius 3 is 2.36 bits per heavy atom. The predicted molar refractivity (Wildman–Crippen MR) is 80.2 cm³/mol. The molecule has 5 heteroatoms. The first-order valence-corrected chi connectivity index (χ1v) is 7.81. The SMILES string of the molecule is O=C(O)CC1C2CCC1CN(C(=O)OCc1ccccc1)C2. The van der Waals surface area contributed by atoms with Crippen molar-refractivity contribution in [2.75, 3.05) is 13.1 Å². The van der Waals surface area contributed by atoms with Gasteiger partial charge in [-0.2, -0.15) is 0 Å². The third-order valence-corrected chi connectivity index (χ3v) is 4.90. The van der Waals surface area contributed by atoms with Crippen molar-refractivity contribution in [2.24, 2.45) is 17.8 Å². The first-order chi connectivity index (χ1) is 10.6. The lowest BCUT2D eigenvalue weighted by atomic mass is 9.83. The van der Waals surface area contributed by atoms with Gasteiger partial charge in [0, 0.05) is 19.5 Å². The van der Waals surface area contributed by atoms with E-state index in [1.54, 1.807) is 4.90 Å². The average molecular weight is 303 g/mol. The molecule has 2 aliphatic rings. The molecular weight excluding hydrogens is 282 g/mol. The Morgan fingerprint density at radius 1 is 1.14 bits per heavy atom. The topological polar surface area (TPSA) is 66.8 Å². The summed E-state index contributed by atoms with van der Waals surface area (Å²) in [5.41, 5.74) is 0.972. The van der Waals surface area contributed by atoms with Gasteiger partial charge in [0.1, 0.15) is 6.61 Å². The van der Waals surface area contributed by atoms with Gasteiger partial charge < -0.3 is 14.7 Å². The lowest BCUT2D eigenvalue weighted by Gasteiger charge is -2.36. The number of likely N-dealkylation sites (tertiary alicyclic amines) is 1. The number of carboxylic acids is 1. The van der Waals surface area contributed by atoms with Crippen molar-refractivity contribution >= 4 is 12.1 Å². The van der Waals surface area contributed by atoms with Crippen LogP contribution in [-0.4, -0.2) is 35.2 Å². The Kier molecular flexibility index (Phi) is 4.32. The number of carboxylic acid groups (broad SMARTS) is 1. The number of hydrogen-bond donors (Lipinski definition) is 1. The molecule has 2 unspecified atom stereocenters. The molecule has 2 bridgehead atoms. The lowest BCUT2D eigenvalue weighted by molar-refractivity contribution is -0.139. The van der Waals surface area contributed by atoms with Crippen LogP contribution in [-0.2, 0) is 16.1 Å². The maximum absolute atomic E-state index is 12.2. The molecule has 0 aromatic heterocycles. The van der Waals surface area contributed by atoms with Crippen molar-refractivity contribution in [3.8, 4) is 0 Å². The molecule has 3 rings (SSSR count). The number of ether oxygens (including phenoxy) is 1. The maximum atomic E-state index is 12.2. The summed E-state index contributed by atoms with van der Waals surface area (Å²) in [6.07, 6.45) is 1.98. The van der Waals surface area contributed by atoms with E-state index in [0.717, 1.165) is 18.4 Å². The third-order valence-electron chi connectivity index (χ3n) is 4.90. The van der Waals surface area contributed by atoms with Crippen LogP contribution in [0.3, 0.4) is 0 Å². The third kappa shape index (κ3) is 3.24. The zero-order chi connectivity index (χ0) is 15.5. The minimum atomic E-state index is -0.734. The Labute approximate surface area is 129 Å². The number of amides is 1. The van der Waals surface area contributed by atoms with Crippen LogP contribution in [0.2, 0.25) is 0 Å². The monoisotopic (exact) mass is 303 g/mol. The quantitative estimate of drug-likeness (QED) is 0.928. The first kappa shape index (κ1) is 14.9. The first-order valence-electron chi connectivity index (χ1n) is 7.81. The van der Waals surface area contributed by atoms with Gasteiger partial charge in [0.2, 0.25) is 0 Å². The molecule has 2 fully saturated rings. The van der Waals surface area contributed by atoms with Gasteiger partial charge >= 0.3 is 12.1 Å². The summed E-state index contributed by atoms with van der Waals surface area (Å²) in [5.74, 6) is 0.0935. The van der Waals surface area contributed by atoms with E-state index < -0.39 is 5.97 Å². The van der Waals surface area contributed by atoms with Crippen LogP contribution in [0.4, 0.5) is 4.79 Å². The minimum Gasteiger partial charge on any atom is -0.481 e. The minimum absolute atomic E-state index is 0.218. The summed E-state index contributed by atoms with van der Waals surface area (Å²) in [5, 5.41) is 9.01. The summed E-state index contributed by atoms with van der Waals surface area (Å²) in [4.78, 5) is 24.9. The maximum Gasteiger partial charge on any atom is 0.410 e. The number of fused-ring (bicyclic) bond motifs is 2. The molecular formula is C17H21NO4. The summed E-state index contributed by atoms with van der Waals surface area (Å²) in [6, 6.07) is 9.62. The van der Waals surface area contributed by atoms with Crippen LogP contribution >= 0.6 is 0 Å². The fourth-order valence-electron chi connectivity index (χ4n) is 3.83. The molecule has 1 N–H and O–H groups in total. The molecule has 1 aromatic rings. The van der Waals surface area contributed by atoms with E-state index in [1.807, 2.05) is 30.3 Å². The Balaban J connectivity index is 1.54. The number of nitrogens with zero attached hydrogens (tertiary/aromatic N) is 1. The highest BCUT2D eigenvalue weighted by molar-refractivity contribution is 5.69. The van der Waals surface area contributed by atoms with Crippen molar-refractivity contribution in [3.05, 3.63) is 35.9 Å². The van der Waals surface area contributed by atoms with Gasteiger partial charge in [-0.25, -0.2) is 4.79 Å². The molecule has 1 saturated heterocycles. The van der Waals surface area contributed by atoms with Crippen LogP contribution in [0.15, 0.2) is 30.3 Å². The largest absolute Gasteiger partial charge is 0.481 e. The fraction of sp³-hybridized carbons (Fsp3) is 0.529. The number of benzene rings is 1. The summed E-state index contributed by atoms with van der Waals surface area (Å²) < 4.78 is 5.38. The molecule has 1 aromatic carbocycles. The molecule has 118 valence electrons. The highest BCUT2D eigenvalue weighted by Gasteiger charge is 2.44. The second-order valence-corrected chi connectivity index (χ2v) is 6.30. The molecule has 22 heavy (non-hydrogen) atoms. The lowest BCUT2D eigenvalue weighted by Crippen LogP contribution is -2.45. The molecule has 1 heterocycles. The highest BCUT2D eigenvalue weighted by atomic mass is 16.6. The Hall–Kier alpha value is -2.04. The van der Waals surface area contributed by atoms with E-state index in [9.17, 15) is 9.59 Å². The second-order valence-electron chi connectivity index (χ2n) is 6.30. The molecule has 1 aliphatic heterocycles. The van der Waals surface area contributed by atoms with Crippen LogP contribution in [0, 0.1) is 17.8 Å². The number of rotatable bonds is 4. The summed E-state index contributed by atoms with van der Waals surface area (Å²) in [6.45, 7) is 1.54.